The minimum Gasteiger partial charge on any atom is -0.357 e. The smallest absolute Gasteiger partial charge is 0.332 e. The van der Waals surface area contributed by atoms with Crippen molar-refractivity contribution < 1.29 is 4.92 Å². The third kappa shape index (κ3) is 3.06. The van der Waals surface area contributed by atoms with Crippen LogP contribution < -0.4 is 10.2 Å². The monoisotopic (exact) mass is 293 g/mol. The van der Waals surface area contributed by atoms with Crippen molar-refractivity contribution in [3.63, 3.8) is 0 Å². The molecule has 2 unspecified atom stereocenters. The molecule has 7 heteroatoms. The molecule has 0 amide bonds. The maximum Gasteiger partial charge on any atom is 0.332 e. The molecule has 2 atom stereocenters. The third-order valence-electron chi connectivity index (χ3n) is 4.34. The first kappa shape index (κ1) is 15.5. The Labute approximate surface area is 124 Å². The summed E-state index contributed by atoms with van der Waals surface area (Å²) in [5, 5.41) is 14.3. The molecule has 0 bridgehead atoms. The highest BCUT2D eigenvalue weighted by atomic mass is 16.6. The van der Waals surface area contributed by atoms with Gasteiger partial charge in [0.25, 0.3) is 0 Å². The molecule has 0 aromatic carbocycles. The molecular weight excluding hydrogens is 270 g/mol. The van der Waals surface area contributed by atoms with Gasteiger partial charge >= 0.3 is 5.69 Å². The lowest BCUT2D eigenvalue weighted by Crippen LogP contribution is -2.40. The molecule has 1 aromatic heterocycles. The van der Waals surface area contributed by atoms with E-state index in [1.807, 2.05) is 11.9 Å². The Bertz CT molecular complexity index is 534. The highest BCUT2D eigenvalue weighted by molar-refractivity contribution is 5.62. The van der Waals surface area contributed by atoms with Crippen molar-refractivity contribution >= 4 is 17.5 Å². The van der Waals surface area contributed by atoms with Gasteiger partial charge in [-0.05, 0) is 25.7 Å². The van der Waals surface area contributed by atoms with Gasteiger partial charge in [-0.15, -0.1) is 0 Å². The fourth-order valence-electron chi connectivity index (χ4n) is 3.15. The molecule has 1 fully saturated rings. The van der Waals surface area contributed by atoms with Gasteiger partial charge in [0.05, 0.1) is 4.92 Å². The van der Waals surface area contributed by atoms with E-state index >= 15 is 0 Å². The van der Waals surface area contributed by atoms with Crippen molar-refractivity contribution in [2.24, 2.45) is 5.92 Å². The summed E-state index contributed by atoms with van der Waals surface area (Å²) in [6.45, 7) is 3.86. The minimum atomic E-state index is -0.381. The summed E-state index contributed by atoms with van der Waals surface area (Å²) in [5.41, 5.74) is 0.402. The molecule has 0 radical (unpaired) electrons. The van der Waals surface area contributed by atoms with Gasteiger partial charge in [-0.25, -0.2) is 4.98 Å². The maximum atomic E-state index is 11.4. The Morgan fingerprint density at radius 1 is 1.33 bits per heavy atom. The summed E-state index contributed by atoms with van der Waals surface area (Å²) in [4.78, 5) is 21.5. The summed E-state index contributed by atoms with van der Waals surface area (Å²) in [5.74, 6) is 1.34. The summed E-state index contributed by atoms with van der Waals surface area (Å²) < 4.78 is 0. The number of nitrogens with one attached hydrogen (secondary N) is 1. The predicted molar refractivity (Wildman–Crippen MR) is 82.8 cm³/mol. The zero-order chi connectivity index (χ0) is 15.6. The standard InChI is InChI=1S/C14H23N5O2/c1-9-7-5-6-8-11(9)18(4)13-12(19(20)21)10(2)16-14(15-3)17-13/h9,11H,5-8H2,1-4H3,(H,15,16,17). The maximum absolute atomic E-state index is 11.4. The van der Waals surface area contributed by atoms with E-state index in [0.717, 1.165) is 19.3 Å². The van der Waals surface area contributed by atoms with Crippen LogP contribution in [0.3, 0.4) is 0 Å². The number of anilines is 2. The lowest BCUT2D eigenvalue weighted by molar-refractivity contribution is -0.385. The van der Waals surface area contributed by atoms with Crippen molar-refractivity contribution in [3.8, 4) is 0 Å². The van der Waals surface area contributed by atoms with Crippen molar-refractivity contribution in [1.29, 1.82) is 0 Å². The largest absolute Gasteiger partial charge is 0.357 e. The van der Waals surface area contributed by atoms with E-state index in [1.54, 1.807) is 14.0 Å². The Morgan fingerprint density at radius 3 is 2.57 bits per heavy atom. The van der Waals surface area contributed by atoms with Crippen LogP contribution in [-0.4, -0.2) is 35.0 Å². The van der Waals surface area contributed by atoms with Crippen LogP contribution in [0, 0.1) is 23.0 Å². The van der Waals surface area contributed by atoms with Crippen LogP contribution in [-0.2, 0) is 0 Å². The topological polar surface area (TPSA) is 84.2 Å². The molecule has 2 rings (SSSR count). The Hall–Kier alpha value is -1.92. The number of aryl methyl sites for hydroxylation is 1. The van der Waals surface area contributed by atoms with Crippen LogP contribution in [0.1, 0.15) is 38.3 Å². The normalized spacial score (nSPS) is 21.9. The minimum absolute atomic E-state index is 0.00859. The fraction of sp³-hybridized carbons (Fsp3) is 0.714. The first-order chi connectivity index (χ1) is 9.95. The average Bonchev–Trinajstić information content (AvgIpc) is 2.45. The quantitative estimate of drug-likeness (QED) is 0.678. The lowest BCUT2D eigenvalue weighted by Gasteiger charge is -2.36. The van der Waals surface area contributed by atoms with Crippen molar-refractivity contribution in [2.75, 3.05) is 24.3 Å². The van der Waals surface area contributed by atoms with Gasteiger partial charge in [0.2, 0.25) is 11.8 Å². The van der Waals surface area contributed by atoms with Crippen LogP contribution in [0.4, 0.5) is 17.5 Å². The summed E-state index contributed by atoms with van der Waals surface area (Å²) >= 11 is 0. The van der Waals surface area contributed by atoms with E-state index < -0.39 is 0 Å². The van der Waals surface area contributed by atoms with E-state index in [2.05, 4.69) is 22.2 Å². The van der Waals surface area contributed by atoms with E-state index in [0.29, 0.717) is 23.4 Å². The third-order valence-corrected chi connectivity index (χ3v) is 4.34. The molecule has 7 nitrogen and oxygen atoms in total. The van der Waals surface area contributed by atoms with Gasteiger partial charge in [-0.3, -0.25) is 10.1 Å². The first-order valence-electron chi connectivity index (χ1n) is 7.39. The summed E-state index contributed by atoms with van der Waals surface area (Å²) in [6.07, 6.45) is 4.60. The molecule has 1 aromatic rings. The van der Waals surface area contributed by atoms with Gasteiger partial charge in [-0.2, -0.15) is 4.98 Å². The molecular formula is C14H23N5O2. The molecule has 0 spiro atoms. The number of hydrogen-bond donors (Lipinski definition) is 1. The molecule has 1 N–H and O–H groups in total. The summed E-state index contributed by atoms with van der Waals surface area (Å²) in [7, 11) is 3.62. The Kier molecular flexibility index (Phi) is 4.59. The van der Waals surface area contributed by atoms with Crippen LogP contribution in [0.15, 0.2) is 0 Å². The van der Waals surface area contributed by atoms with Crippen molar-refractivity contribution in [2.45, 2.75) is 45.6 Å². The van der Waals surface area contributed by atoms with Crippen molar-refractivity contribution in [1.82, 2.24) is 9.97 Å². The average molecular weight is 293 g/mol. The second kappa shape index (κ2) is 6.24. The van der Waals surface area contributed by atoms with Gasteiger partial charge in [0, 0.05) is 20.1 Å². The highest BCUT2D eigenvalue weighted by Crippen LogP contribution is 2.35. The van der Waals surface area contributed by atoms with Gasteiger partial charge in [0.15, 0.2) is 0 Å². The Balaban J connectivity index is 2.44. The molecule has 1 aliphatic carbocycles. The number of hydrogen-bond acceptors (Lipinski definition) is 6. The molecule has 1 aliphatic rings. The molecule has 1 saturated carbocycles. The van der Waals surface area contributed by atoms with Crippen molar-refractivity contribution in [3.05, 3.63) is 15.8 Å². The zero-order valence-corrected chi connectivity index (χ0v) is 13.1. The molecule has 0 aliphatic heterocycles. The second-order valence-corrected chi connectivity index (χ2v) is 5.75. The van der Waals surface area contributed by atoms with Gasteiger partial charge < -0.3 is 10.2 Å². The van der Waals surface area contributed by atoms with Crippen LogP contribution in [0.25, 0.3) is 0 Å². The summed E-state index contributed by atoms with van der Waals surface area (Å²) in [6, 6.07) is 0.288. The number of aromatic nitrogens is 2. The predicted octanol–water partition coefficient (Wildman–Crippen LogP) is 2.75. The first-order valence-corrected chi connectivity index (χ1v) is 7.39. The number of nitrogens with zero attached hydrogens (tertiary/aromatic N) is 4. The SMILES string of the molecule is CNc1nc(C)c([N+](=O)[O-])c(N(C)C2CCCCC2C)n1. The van der Waals surface area contributed by atoms with E-state index in [-0.39, 0.29) is 16.7 Å². The number of nitro groups is 1. The molecule has 116 valence electrons. The van der Waals surface area contributed by atoms with Crippen LogP contribution >= 0.6 is 0 Å². The van der Waals surface area contributed by atoms with Gasteiger partial charge in [-0.1, -0.05) is 19.8 Å². The Morgan fingerprint density at radius 2 is 2.00 bits per heavy atom. The van der Waals surface area contributed by atoms with Gasteiger partial charge in [0.1, 0.15) is 5.69 Å². The van der Waals surface area contributed by atoms with Crippen LogP contribution in [0.2, 0.25) is 0 Å². The zero-order valence-electron chi connectivity index (χ0n) is 13.1. The molecule has 1 heterocycles. The lowest BCUT2D eigenvalue weighted by atomic mass is 9.85. The fourth-order valence-corrected chi connectivity index (χ4v) is 3.15. The molecule has 21 heavy (non-hydrogen) atoms. The molecule has 0 saturated heterocycles. The van der Waals surface area contributed by atoms with E-state index in [1.165, 1.54) is 6.42 Å². The number of rotatable bonds is 4. The van der Waals surface area contributed by atoms with E-state index in [9.17, 15) is 10.1 Å². The second-order valence-electron chi connectivity index (χ2n) is 5.75. The van der Waals surface area contributed by atoms with E-state index in [4.69, 9.17) is 0 Å². The highest BCUT2D eigenvalue weighted by Gasteiger charge is 2.32. The van der Waals surface area contributed by atoms with Crippen LogP contribution in [0.5, 0.6) is 0 Å².